The third-order valence-electron chi connectivity index (χ3n) is 19.1. The Morgan fingerprint density at radius 3 is 0.471 bits per heavy atom. The number of primary amides is 4. The van der Waals surface area contributed by atoms with E-state index in [1.807, 2.05) is 0 Å². The number of likely N-dealkylation sites (N-methyl/N-ethyl adjacent to an activating group) is 4. The molecule has 0 spiro atoms. The molecule has 0 saturated carbocycles. The quantitative estimate of drug-likeness (QED) is 0.0259. The summed E-state index contributed by atoms with van der Waals surface area (Å²) < 4.78 is 0. The summed E-state index contributed by atoms with van der Waals surface area (Å²) >= 11 is 80.1. The van der Waals surface area contributed by atoms with Crippen LogP contribution in [-0.2, 0) is 95.9 Å². The average Bonchev–Trinajstić information content (AvgIpc) is 0.886. The second-order valence-corrected chi connectivity index (χ2v) is 36.4. The Balaban J connectivity index is -0.000000231. The number of carbonyl (C=O) groups excluding carboxylic acids is 20. The van der Waals surface area contributed by atoms with Crippen molar-refractivity contribution in [2.24, 2.45) is 93.2 Å². The Morgan fingerprint density at radius 1 is 0.191 bits per heavy atom. The van der Waals surface area contributed by atoms with Crippen LogP contribution in [0.2, 0.25) is 0 Å². The Morgan fingerprint density at radius 2 is 0.346 bits per heavy atom. The molecule has 0 aliphatic carbocycles. The minimum Gasteiger partial charge on any atom is -0.369 e. The van der Waals surface area contributed by atoms with Crippen LogP contribution >= 0.6 is 253 Å². The summed E-state index contributed by atoms with van der Waals surface area (Å²) in [5, 5.41) is 26.6. The number of amides is 10. The lowest BCUT2D eigenvalue weighted by molar-refractivity contribution is -0.131. The number of thiol groups is 20. The lowest BCUT2D eigenvalue weighted by atomic mass is 9.99. The molecule has 38 nitrogen and oxygen atoms in total. The van der Waals surface area contributed by atoms with Gasteiger partial charge in [-0.2, -0.15) is 253 Å². The molecule has 0 aliphatic rings. The van der Waals surface area contributed by atoms with Gasteiger partial charge in [0.2, 0.25) is 59.1 Å². The van der Waals surface area contributed by atoms with Crippen LogP contribution in [-0.4, -0.2) is 347 Å². The maximum Gasteiger partial charge on any atom is 0.240 e. The summed E-state index contributed by atoms with van der Waals surface area (Å²) in [6, 6.07) is -7.00. The molecular weight excluding hydrogens is 2150 g/mol. The van der Waals surface area contributed by atoms with Crippen LogP contribution in [0.5, 0.6) is 0 Å². The van der Waals surface area contributed by atoms with Gasteiger partial charge in [-0.15, -0.1) is 0 Å². The molecular formula is C78H150N18O20S20. The first-order chi connectivity index (χ1) is 63.9. The standard InChI is InChI=1S/2C13H24N2O3S3.2C10H19N3O3S3.2C9H18N2O2S2.2C7H14N2O2S2/c2*1-3-11(16)10(7-21)15-13(18)8(5-19)4-12(17)9(6-20)14-2;2*11-6(3-18)8(14)1-5(2-17)10(16)13-7(4-19)9(12)15;2*1-10-7(5-15)8(12)3-6(4-14)9(13)11-2;2*8-5(3-13)6(10)1-4(2-12)7(9)11/h2*8-10,14,19-21H,3-7H2,1-2H3,(H,15,18);2*5-7,17-19H,1-4,11H2,(H2,12,15)(H,13,16);2*6-7,10,14-15H,3-5H2,1-2H3,(H,11,13);2*4-5,12-13H,1-3,8H2,(H2,9,11)/t2*8-,9-,10-;2*5-,6-,7-;2*6-,7-;2*4-,5-/m10101010/s1. The van der Waals surface area contributed by atoms with E-state index < -0.39 is 119 Å². The van der Waals surface area contributed by atoms with Crippen molar-refractivity contribution in [3.63, 3.8) is 0 Å². The van der Waals surface area contributed by atoms with Crippen molar-refractivity contribution in [1.29, 1.82) is 0 Å². The van der Waals surface area contributed by atoms with Gasteiger partial charge in [-0.1, -0.05) is 13.8 Å². The molecule has 136 heavy (non-hydrogen) atoms. The highest BCUT2D eigenvalue weighted by Crippen LogP contribution is 2.18. The third kappa shape index (κ3) is 68.5. The molecule has 0 bridgehead atoms. The fourth-order valence-electron chi connectivity index (χ4n) is 9.82. The zero-order valence-electron chi connectivity index (χ0n) is 77.5. The molecule has 0 heterocycles. The van der Waals surface area contributed by atoms with Gasteiger partial charge in [0.25, 0.3) is 0 Å². The van der Waals surface area contributed by atoms with E-state index in [4.69, 9.17) is 45.9 Å². The van der Waals surface area contributed by atoms with Crippen LogP contribution in [0.15, 0.2) is 0 Å². The first kappa shape index (κ1) is 149. The fraction of sp³-hybridized carbons (Fsp3) is 0.744. The van der Waals surface area contributed by atoms with Gasteiger partial charge in [-0.3, -0.25) is 95.9 Å². The van der Waals surface area contributed by atoms with Crippen LogP contribution in [0.3, 0.4) is 0 Å². The number of ketones is 10. The van der Waals surface area contributed by atoms with Gasteiger partial charge in [0, 0.05) is 193 Å². The molecule has 0 rings (SSSR count). The lowest BCUT2D eigenvalue weighted by Gasteiger charge is -2.20. The van der Waals surface area contributed by atoms with E-state index in [1.54, 1.807) is 56.1 Å². The molecule has 0 fully saturated rings. The highest BCUT2D eigenvalue weighted by atomic mass is 32.1. The number of hydrogen-bond acceptors (Lipinski definition) is 48. The first-order valence-electron chi connectivity index (χ1n) is 41.9. The molecule has 0 aromatic rings. The molecule has 0 aromatic carbocycles. The van der Waals surface area contributed by atoms with Gasteiger partial charge in [-0.05, 0) is 28.2 Å². The van der Waals surface area contributed by atoms with Crippen molar-refractivity contribution in [3.05, 3.63) is 0 Å². The van der Waals surface area contributed by atoms with Crippen LogP contribution in [0, 0.1) is 47.3 Å². The molecule has 0 radical (unpaired) electrons. The van der Waals surface area contributed by atoms with E-state index in [0.29, 0.717) is 47.4 Å². The minimum absolute atomic E-state index is 0.00449. The highest BCUT2D eigenvalue weighted by molar-refractivity contribution is 7.83. The first-order valence-corrected chi connectivity index (χ1v) is 54.5. The van der Waals surface area contributed by atoms with Gasteiger partial charge in [-0.25, -0.2) is 0 Å². The van der Waals surface area contributed by atoms with Gasteiger partial charge in [0.1, 0.15) is 12.1 Å². The van der Waals surface area contributed by atoms with E-state index in [9.17, 15) is 95.9 Å². The monoisotopic (exact) mass is 2300 g/mol. The lowest BCUT2D eigenvalue weighted by Crippen LogP contribution is -2.48. The Kier molecular flexibility index (Phi) is 102. The van der Waals surface area contributed by atoms with Gasteiger partial charge in [0.05, 0.1) is 108 Å². The molecule has 0 unspecified atom stereocenters. The second kappa shape index (κ2) is 92.9. The maximum atomic E-state index is 12.2. The van der Waals surface area contributed by atoms with Gasteiger partial charge in [0.15, 0.2) is 57.8 Å². The van der Waals surface area contributed by atoms with Crippen molar-refractivity contribution in [1.82, 2.24) is 53.2 Å². The number of nitrogens with two attached hydrogens (primary N) is 8. The summed E-state index contributed by atoms with van der Waals surface area (Å²) in [6.45, 7) is 3.46. The van der Waals surface area contributed by atoms with Crippen LogP contribution in [0.4, 0.5) is 0 Å². The van der Waals surface area contributed by atoms with Crippen LogP contribution < -0.4 is 99.0 Å². The fourth-order valence-corrected chi connectivity index (χ4v) is 15.7. The van der Waals surface area contributed by atoms with Crippen molar-refractivity contribution in [2.75, 3.05) is 157 Å². The molecule has 20 atom stereocenters. The van der Waals surface area contributed by atoms with Crippen molar-refractivity contribution in [2.45, 2.75) is 151 Å². The number of carbonyl (C=O) groups is 20. The van der Waals surface area contributed by atoms with E-state index in [1.165, 1.54) is 0 Å². The molecule has 0 aliphatic heterocycles. The van der Waals surface area contributed by atoms with Crippen LogP contribution in [0.1, 0.15) is 78.1 Å². The Bertz CT molecular complexity index is 3330. The van der Waals surface area contributed by atoms with E-state index in [0.717, 1.165) is 0 Å². The van der Waals surface area contributed by atoms with E-state index >= 15 is 0 Å². The molecule has 58 heteroatoms. The Labute approximate surface area is 910 Å². The summed E-state index contributed by atoms with van der Waals surface area (Å²) in [5.74, 6) is -4.55. The van der Waals surface area contributed by atoms with Gasteiger partial charge < -0.3 is 99.0 Å². The van der Waals surface area contributed by atoms with E-state index in [2.05, 4.69) is 306 Å². The Hall–Kier alpha value is -1.92. The van der Waals surface area contributed by atoms with Crippen molar-refractivity contribution >= 4 is 369 Å². The summed E-state index contributed by atoms with van der Waals surface area (Å²) in [6.07, 6.45) is 1.23. The minimum atomic E-state index is -0.869. The molecule has 792 valence electrons. The number of rotatable bonds is 66. The normalized spacial score (nSPS) is 15.0. The summed E-state index contributed by atoms with van der Waals surface area (Å²) in [7, 11) is 9.86. The summed E-state index contributed by atoms with van der Waals surface area (Å²) in [4.78, 5) is 231. The number of Topliss-reactive ketones (excluding diaryl/α,β-unsaturated/α-hetero) is 10. The van der Waals surface area contributed by atoms with Gasteiger partial charge >= 0.3 is 0 Å². The number of hydrogen-bond donors (Lipinski definition) is 38. The highest BCUT2D eigenvalue weighted by Gasteiger charge is 2.34. The van der Waals surface area contributed by atoms with Crippen LogP contribution in [0.25, 0.3) is 0 Å². The molecule has 0 saturated heterocycles. The smallest absolute Gasteiger partial charge is 0.240 e. The van der Waals surface area contributed by atoms with E-state index in [-0.39, 0.29) is 249 Å². The second-order valence-electron chi connectivity index (χ2n) is 29.1. The largest absolute Gasteiger partial charge is 0.369 e. The average molecular weight is 2300 g/mol. The third-order valence-corrected chi connectivity index (χ3v) is 27.2. The summed E-state index contributed by atoms with van der Waals surface area (Å²) in [5.41, 5.74) is 42.1. The van der Waals surface area contributed by atoms with Crippen molar-refractivity contribution in [3.8, 4) is 0 Å². The predicted molar refractivity (Wildman–Crippen MR) is 608 cm³/mol. The number of nitrogens with one attached hydrogen (secondary N) is 10. The molecule has 0 aromatic heterocycles. The maximum absolute atomic E-state index is 12.2. The molecule has 10 amide bonds. The predicted octanol–water partition coefficient (Wildman–Crippen LogP) is -3.92. The zero-order valence-corrected chi connectivity index (χ0v) is 95.4. The SMILES string of the molecule is CCC(=O)[C@@H](CS)NC(=O)[C@@H](CS)CC(=O)[C@@H](CS)NC.CCC(=O)[C@H](CS)NC(=O)[C@H](CS)CC(=O)[C@H](CS)NC.CNC(=O)[C@@H](CS)CC(=O)[C@@H](CS)NC.CNC(=O)[C@H](CS)CC(=O)[C@H](CS)NC.NC(=O)[C@@H](CS)CC(=O)[C@H](N)CS.NC(=O)[C@@H](CS)NC(=O)[C@@H](CS)CC(=O)[C@H](N)CS.NC(=O)[C@H](CS)CC(=O)[C@@H](N)CS.NC(=O)[C@H](CS)NC(=O)[C@H](CS)CC(=O)[C@@H](N)CS. The molecule has 26 N–H and O–H groups in total. The zero-order chi connectivity index (χ0) is 107. The topological polar surface area (TPSA) is 670 Å². The van der Waals surface area contributed by atoms with Crippen molar-refractivity contribution < 1.29 is 95.9 Å².